The number of aromatic nitrogens is 3. The van der Waals surface area contributed by atoms with E-state index < -0.39 is 0 Å². The SMILES string of the molecule is Cc1ccccc1CNc1nncc(Nc2cccc(C#N)c2)n1. The molecule has 118 valence electrons. The van der Waals surface area contributed by atoms with Crippen LogP contribution in [0.5, 0.6) is 0 Å². The zero-order valence-corrected chi connectivity index (χ0v) is 13.2. The van der Waals surface area contributed by atoms with Crippen LogP contribution in [0, 0.1) is 18.3 Å². The van der Waals surface area contributed by atoms with Crippen molar-refractivity contribution < 1.29 is 0 Å². The predicted molar refractivity (Wildman–Crippen MR) is 92.8 cm³/mol. The summed E-state index contributed by atoms with van der Waals surface area (Å²) in [5.41, 5.74) is 3.75. The van der Waals surface area contributed by atoms with Crippen LogP contribution in [0.1, 0.15) is 16.7 Å². The molecule has 1 aromatic heterocycles. The Morgan fingerprint density at radius 2 is 2.00 bits per heavy atom. The fourth-order valence-corrected chi connectivity index (χ4v) is 2.24. The van der Waals surface area contributed by atoms with E-state index in [1.54, 1.807) is 12.1 Å². The maximum atomic E-state index is 8.95. The number of aryl methyl sites for hydroxylation is 1. The molecule has 0 spiro atoms. The summed E-state index contributed by atoms with van der Waals surface area (Å²) < 4.78 is 0. The van der Waals surface area contributed by atoms with Crippen molar-refractivity contribution in [1.82, 2.24) is 15.2 Å². The van der Waals surface area contributed by atoms with E-state index in [0.29, 0.717) is 23.9 Å². The summed E-state index contributed by atoms with van der Waals surface area (Å²) in [5.74, 6) is 1.01. The maximum absolute atomic E-state index is 8.95. The summed E-state index contributed by atoms with van der Waals surface area (Å²) in [4.78, 5) is 4.39. The lowest BCUT2D eigenvalue weighted by atomic mass is 10.1. The maximum Gasteiger partial charge on any atom is 0.244 e. The molecule has 0 aliphatic carbocycles. The van der Waals surface area contributed by atoms with Crippen molar-refractivity contribution >= 4 is 17.5 Å². The predicted octanol–water partition coefficient (Wildman–Crippen LogP) is 3.41. The number of benzene rings is 2. The van der Waals surface area contributed by atoms with E-state index >= 15 is 0 Å². The minimum absolute atomic E-state index is 0.444. The molecular formula is C18H16N6. The highest BCUT2D eigenvalue weighted by Crippen LogP contribution is 2.16. The molecule has 0 atom stereocenters. The number of anilines is 3. The molecule has 6 nitrogen and oxygen atoms in total. The molecule has 3 rings (SSSR count). The van der Waals surface area contributed by atoms with E-state index in [1.807, 2.05) is 24.3 Å². The molecule has 6 heteroatoms. The molecule has 0 radical (unpaired) electrons. The Balaban J connectivity index is 1.70. The van der Waals surface area contributed by atoms with Gasteiger partial charge in [-0.2, -0.15) is 15.3 Å². The van der Waals surface area contributed by atoms with Crippen LogP contribution in [0.2, 0.25) is 0 Å². The molecule has 0 saturated carbocycles. The molecule has 0 aliphatic rings. The van der Waals surface area contributed by atoms with Crippen LogP contribution >= 0.6 is 0 Å². The average molecular weight is 316 g/mol. The van der Waals surface area contributed by atoms with Crippen LogP contribution in [-0.4, -0.2) is 15.2 Å². The lowest BCUT2D eigenvalue weighted by Crippen LogP contribution is -2.07. The standard InChI is InChI=1S/C18H16N6/c1-13-5-2-3-7-15(13)11-20-18-23-17(12-21-24-18)22-16-8-4-6-14(9-16)10-19/h2-9,12H,11H2,1H3,(H2,20,22,23,24). The molecule has 0 fully saturated rings. The summed E-state index contributed by atoms with van der Waals surface area (Å²) in [6, 6.07) is 17.4. The Morgan fingerprint density at radius 1 is 1.12 bits per heavy atom. The molecule has 0 unspecified atom stereocenters. The minimum atomic E-state index is 0.444. The Labute approximate surface area is 140 Å². The van der Waals surface area contributed by atoms with Crippen molar-refractivity contribution in [1.29, 1.82) is 5.26 Å². The van der Waals surface area contributed by atoms with Gasteiger partial charge >= 0.3 is 0 Å². The van der Waals surface area contributed by atoms with Gasteiger partial charge in [0.25, 0.3) is 0 Å². The van der Waals surface area contributed by atoms with Crippen molar-refractivity contribution in [3.05, 3.63) is 71.4 Å². The minimum Gasteiger partial charge on any atom is -0.349 e. The van der Waals surface area contributed by atoms with E-state index in [-0.39, 0.29) is 0 Å². The highest BCUT2D eigenvalue weighted by atomic mass is 15.3. The molecule has 0 aliphatic heterocycles. The number of hydrogen-bond donors (Lipinski definition) is 2. The largest absolute Gasteiger partial charge is 0.349 e. The molecule has 3 aromatic rings. The van der Waals surface area contributed by atoms with Gasteiger partial charge in [0.1, 0.15) is 0 Å². The second-order valence-electron chi connectivity index (χ2n) is 5.26. The van der Waals surface area contributed by atoms with E-state index in [2.05, 4.69) is 50.9 Å². The topological polar surface area (TPSA) is 86.5 Å². The monoisotopic (exact) mass is 316 g/mol. The van der Waals surface area contributed by atoms with Gasteiger partial charge in [-0.1, -0.05) is 30.3 Å². The first-order chi connectivity index (χ1) is 11.7. The molecule has 2 aromatic carbocycles. The van der Waals surface area contributed by atoms with E-state index in [1.165, 1.54) is 17.3 Å². The molecule has 0 saturated heterocycles. The van der Waals surface area contributed by atoms with Gasteiger partial charge < -0.3 is 10.6 Å². The van der Waals surface area contributed by atoms with Crippen LogP contribution in [0.25, 0.3) is 0 Å². The van der Waals surface area contributed by atoms with Gasteiger partial charge in [-0.05, 0) is 36.2 Å². The average Bonchev–Trinajstić information content (AvgIpc) is 2.61. The molecule has 2 N–H and O–H groups in total. The lowest BCUT2D eigenvalue weighted by molar-refractivity contribution is 0.946. The Kier molecular flexibility index (Phi) is 4.63. The molecule has 1 heterocycles. The van der Waals surface area contributed by atoms with Gasteiger partial charge in [-0.3, -0.25) is 0 Å². The Morgan fingerprint density at radius 3 is 2.83 bits per heavy atom. The Bertz CT molecular complexity index is 884. The van der Waals surface area contributed by atoms with Crippen LogP contribution < -0.4 is 10.6 Å². The van der Waals surface area contributed by atoms with Crippen molar-refractivity contribution in [2.45, 2.75) is 13.5 Å². The van der Waals surface area contributed by atoms with Gasteiger partial charge in [0.15, 0.2) is 5.82 Å². The Hall–Kier alpha value is -3.46. The third kappa shape index (κ3) is 3.84. The van der Waals surface area contributed by atoms with Crippen molar-refractivity contribution in [2.75, 3.05) is 10.6 Å². The van der Waals surface area contributed by atoms with Crippen molar-refractivity contribution in [2.24, 2.45) is 0 Å². The fourth-order valence-electron chi connectivity index (χ4n) is 2.24. The zero-order chi connectivity index (χ0) is 16.8. The van der Waals surface area contributed by atoms with Crippen molar-refractivity contribution in [3.8, 4) is 6.07 Å². The van der Waals surface area contributed by atoms with Crippen LogP contribution in [0.4, 0.5) is 17.5 Å². The first kappa shape index (κ1) is 15.4. The second-order valence-corrected chi connectivity index (χ2v) is 5.26. The first-order valence-corrected chi connectivity index (χ1v) is 7.50. The molecular weight excluding hydrogens is 300 g/mol. The number of nitriles is 1. The quantitative estimate of drug-likeness (QED) is 0.750. The number of nitrogens with one attached hydrogen (secondary N) is 2. The highest BCUT2D eigenvalue weighted by Gasteiger charge is 2.03. The number of hydrogen-bond acceptors (Lipinski definition) is 6. The normalized spacial score (nSPS) is 10.0. The summed E-state index contributed by atoms with van der Waals surface area (Å²) in [5, 5.41) is 23.2. The second kappa shape index (κ2) is 7.20. The van der Waals surface area contributed by atoms with Gasteiger partial charge in [0.2, 0.25) is 5.95 Å². The van der Waals surface area contributed by atoms with Crippen molar-refractivity contribution in [3.63, 3.8) is 0 Å². The van der Waals surface area contributed by atoms with Gasteiger partial charge in [-0.15, -0.1) is 5.10 Å². The highest BCUT2D eigenvalue weighted by molar-refractivity contribution is 5.58. The van der Waals surface area contributed by atoms with Crippen LogP contribution in [0.3, 0.4) is 0 Å². The molecule has 0 amide bonds. The zero-order valence-electron chi connectivity index (χ0n) is 13.2. The third-order valence-corrected chi connectivity index (χ3v) is 3.52. The summed E-state index contributed by atoms with van der Waals surface area (Å²) in [7, 11) is 0. The summed E-state index contributed by atoms with van der Waals surface area (Å²) in [6.07, 6.45) is 1.54. The summed E-state index contributed by atoms with van der Waals surface area (Å²) >= 11 is 0. The van der Waals surface area contributed by atoms with E-state index in [9.17, 15) is 0 Å². The van der Waals surface area contributed by atoms with Gasteiger partial charge in [0.05, 0.1) is 17.8 Å². The number of nitrogens with zero attached hydrogens (tertiary/aromatic N) is 4. The smallest absolute Gasteiger partial charge is 0.244 e. The van der Waals surface area contributed by atoms with Crippen LogP contribution in [0.15, 0.2) is 54.7 Å². The van der Waals surface area contributed by atoms with E-state index in [0.717, 1.165) is 5.69 Å². The first-order valence-electron chi connectivity index (χ1n) is 7.50. The third-order valence-electron chi connectivity index (χ3n) is 3.52. The van der Waals surface area contributed by atoms with E-state index in [4.69, 9.17) is 5.26 Å². The summed E-state index contributed by atoms with van der Waals surface area (Å²) in [6.45, 7) is 2.69. The molecule has 0 bridgehead atoms. The fraction of sp³-hybridized carbons (Fsp3) is 0.111. The number of rotatable bonds is 5. The molecule has 24 heavy (non-hydrogen) atoms. The van der Waals surface area contributed by atoms with Crippen LogP contribution in [-0.2, 0) is 6.54 Å². The lowest BCUT2D eigenvalue weighted by Gasteiger charge is -2.09. The van der Waals surface area contributed by atoms with Gasteiger partial charge in [-0.25, -0.2) is 0 Å². The van der Waals surface area contributed by atoms with Gasteiger partial charge in [0, 0.05) is 12.2 Å².